The van der Waals surface area contributed by atoms with E-state index in [1.165, 1.54) is 0 Å². The van der Waals surface area contributed by atoms with E-state index in [4.69, 9.17) is 18.9 Å². The average molecular weight is 299 g/mol. The van der Waals surface area contributed by atoms with E-state index in [2.05, 4.69) is 30.2 Å². The van der Waals surface area contributed by atoms with Gasteiger partial charge in [-0.15, -0.1) is 9.79 Å². The summed E-state index contributed by atoms with van der Waals surface area (Å²) in [5.41, 5.74) is -0.222. The Morgan fingerprint density at radius 2 is 1.39 bits per heavy atom. The van der Waals surface area contributed by atoms with Crippen LogP contribution in [-0.2, 0) is 13.9 Å². The van der Waals surface area contributed by atoms with Crippen LogP contribution in [0.5, 0.6) is 0 Å². The summed E-state index contributed by atoms with van der Waals surface area (Å²) in [6.07, 6.45) is 5.96. The molecule has 0 saturated carbocycles. The van der Waals surface area contributed by atoms with Crippen molar-refractivity contribution in [2.75, 3.05) is 0 Å². The van der Waals surface area contributed by atoms with Gasteiger partial charge in [-0.1, -0.05) is 40.0 Å². The molecule has 0 aromatic rings. The highest BCUT2D eigenvalue weighted by Crippen LogP contribution is 2.36. The summed E-state index contributed by atoms with van der Waals surface area (Å²) in [7, 11) is -0.789. The van der Waals surface area contributed by atoms with E-state index in [0.717, 1.165) is 38.5 Å². The molecule has 1 unspecified atom stereocenters. The van der Waals surface area contributed by atoms with Crippen LogP contribution in [0.25, 0.3) is 0 Å². The topological polar surface area (TPSA) is 83.8 Å². The Morgan fingerprint density at radius 1 is 1.11 bits per heavy atom. The molecule has 0 aromatic carbocycles. The second-order valence-corrected chi connectivity index (χ2v) is 4.93. The molecule has 0 heterocycles. The summed E-state index contributed by atoms with van der Waals surface area (Å²) in [4.78, 5) is 26.0. The van der Waals surface area contributed by atoms with Crippen LogP contribution in [0.4, 0.5) is 0 Å². The van der Waals surface area contributed by atoms with Crippen LogP contribution in [0.3, 0.4) is 0 Å². The lowest BCUT2D eigenvalue weighted by atomic mass is 9.76. The first-order chi connectivity index (χ1) is 8.40. The molecule has 0 radical (unpaired) electrons. The molecule has 0 spiro atoms. The van der Waals surface area contributed by atoms with Crippen LogP contribution < -0.4 is 0 Å². The van der Waals surface area contributed by atoms with Gasteiger partial charge in [-0.05, 0) is 19.3 Å². The summed E-state index contributed by atoms with van der Waals surface area (Å²) in [5.74, 6) is -0.0481. The van der Waals surface area contributed by atoms with E-state index in [-0.39, 0.29) is 11.4 Å². The first-order valence-electron chi connectivity index (χ1n) is 6.16. The summed E-state index contributed by atoms with van der Waals surface area (Å²) < 4.78 is 13.6. The molecule has 0 bridgehead atoms. The van der Waals surface area contributed by atoms with Crippen LogP contribution in [-0.4, -0.2) is 15.8 Å². The van der Waals surface area contributed by atoms with Crippen molar-refractivity contribution in [3.8, 4) is 0 Å². The SMILES string of the molecule is CCCC(CCC)(CCC)C(=O)OP.O=[P+](O)O. The van der Waals surface area contributed by atoms with E-state index < -0.39 is 8.25 Å². The fourth-order valence-corrected chi connectivity index (χ4v) is 2.49. The third kappa shape index (κ3) is 8.93. The van der Waals surface area contributed by atoms with E-state index in [1.54, 1.807) is 0 Å². The molecule has 0 saturated heterocycles. The van der Waals surface area contributed by atoms with Crippen molar-refractivity contribution in [3.63, 3.8) is 0 Å². The van der Waals surface area contributed by atoms with Crippen LogP contribution in [0.2, 0.25) is 0 Å². The Kier molecular flexibility index (Phi) is 13.5. The quantitative estimate of drug-likeness (QED) is 0.704. The standard InChI is InChI=1S/C11H23O2P.HO3P/c1-4-7-11(8-5-2,9-6-3)10(12)13-14;1-4(2)3/h4-9,14H2,1-3H3;(H-,1,2,3)/p+1. The summed E-state index contributed by atoms with van der Waals surface area (Å²) in [6, 6.07) is 0. The maximum Gasteiger partial charge on any atom is 0.692 e. The van der Waals surface area contributed by atoms with Gasteiger partial charge in [0.15, 0.2) is 0 Å². The molecule has 0 aliphatic heterocycles. The summed E-state index contributed by atoms with van der Waals surface area (Å²) in [6.45, 7) is 6.36. The van der Waals surface area contributed by atoms with Gasteiger partial charge in [-0.3, -0.25) is 4.79 Å². The van der Waals surface area contributed by atoms with Crippen LogP contribution >= 0.6 is 17.7 Å². The van der Waals surface area contributed by atoms with Gasteiger partial charge in [0.25, 0.3) is 0 Å². The van der Waals surface area contributed by atoms with Crippen molar-refractivity contribution in [2.45, 2.75) is 59.3 Å². The Hall–Kier alpha value is -0.0800. The Labute approximate surface area is 113 Å². The predicted molar refractivity (Wildman–Crippen MR) is 75.0 cm³/mol. The first kappa shape index (κ1) is 20.2. The van der Waals surface area contributed by atoms with E-state index in [9.17, 15) is 4.79 Å². The van der Waals surface area contributed by atoms with Crippen molar-refractivity contribution >= 4 is 23.7 Å². The molecule has 108 valence electrons. The fraction of sp³-hybridized carbons (Fsp3) is 0.909. The Balaban J connectivity index is 0. The minimum absolute atomic E-state index is 0.0481. The van der Waals surface area contributed by atoms with Gasteiger partial charge in [0.2, 0.25) is 0 Å². The zero-order valence-electron chi connectivity index (χ0n) is 11.4. The van der Waals surface area contributed by atoms with Crippen molar-refractivity contribution in [3.05, 3.63) is 0 Å². The molecule has 0 fully saturated rings. The Morgan fingerprint density at radius 3 is 1.56 bits per heavy atom. The number of rotatable bonds is 7. The molecule has 1 atom stereocenters. The van der Waals surface area contributed by atoms with Crippen molar-refractivity contribution in [2.24, 2.45) is 5.41 Å². The van der Waals surface area contributed by atoms with Gasteiger partial charge in [-0.25, -0.2) is 0 Å². The van der Waals surface area contributed by atoms with Crippen LogP contribution in [0.1, 0.15) is 59.3 Å². The highest BCUT2D eigenvalue weighted by molar-refractivity contribution is 7.30. The second kappa shape index (κ2) is 12.0. The van der Waals surface area contributed by atoms with E-state index in [1.807, 2.05) is 0 Å². The van der Waals surface area contributed by atoms with Crippen molar-refractivity contribution in [1.82, 2.24) is 0 Å². The summed E-state index contributed by atoms with van der Waals surface area (Å²) >= 11 is 0. The van der Waals surface area contributed by atoms with Crippen LogP contribution in [0, 0.1) is 5.41 Å². The monoisotopic (exact) mass is 299 g/mol. The lowest BCUT2D eigenvalue weighted by molar-refractivity contribution is -0.146. The molecule has 0 aliphatic rings. The maximum atomic E-state index is 11.8. The molecular formula is C11H25O5P2+. The lowest BCUT2D eigenvalue weighted by Gasteiger charge is -2.30. The molecule has 7 heteroatoms. The minimum Gasteiger partial charge on any atom is -0.451 e. The van der Waals surface area contributed by atoms with E-state index >= 15 is 0 Å². The molecule has 18 heavy (non-hydrogen) atoms. The van der Waals surface area contributed by atoms with Gasteiger partial charge in [0.1, 0.15) is 0 Å². The van der Waals surface area contributed by atoms with Crippen LogP contribution in [0.15, 0.2) is 0 Å². The molecule has 0 aliphatic carbocycles. The third-order valence-electron chi connectivity index (χ3n) is 2.73. The zero-order valence-corrected chi connectivity index (χ0v) is 13.4. The number of carbonyl (C=O) groups excluding carboxylic acids is 1. The largest absolute Gasteiger partial charge is 0.692 e. The molecule has 2 N–H and O–H groups in total. The number of carbonyl (C=O) groups is 1. The lowest BCUT2D eigenvalue weighted by Crippen LogP contribution is -2.31. The van der Waals surface area contributed by atoms with Crippen molar-refractivity contribution < 1.29 is 23.7 Å². The smallest absolute Gasteiger partial charge is 0.451 e. The van der Waals surface area contributed by atoms with Gasteiger partial charge < -0.3 is 4.52 Å². The van der Waals surface area contributed by atoms with Gasteiger partial charge in [-0.2, -0.15) is 0 Å². The molecule has 5 nitrogen and oxygen atoms in total. The summed E-state index contributed by atoms with van der Waals surface area (Å²) in [5, 5.41) is 0. The fourth-order valence-electron chi connectivity index (χ4n) is 2.24. The predicted octanol–water partition coefficient (Wildman–Crippen LogP) is 3.33. The normalized spacial score (nSPS) is 10.3. The van der Waals surface area contributed by atoms with Gasteiger partial charge in [0.05, 0.1) is 14.9 Å². The maximum absolute atomic E-state index is 11.8. The molecule has 0 rings (SSSR count). The molecular weight excluding hydrogens is 274 g/mol. The van der Waals surface area contributed by atoms with E-state index in [0.29, 0.717) is 0 Å². The average Bonchev–Trinajstić information content (AvgIpc) is 2.28. The minimum atomic E-state index is -2.87. The molecule has 0 amide bonds. The van der Waals surface area contributed by atoms with Crippen molar-refractivity contribution in [1.29, 1.82) is 0 Å². The zero-order chi connectivity index (χ0) is 14.6. The van der Waals surface area contributed by atoms with Gasteiger partial charge in [0, 0.05) is 4.57 Å². The Bertz CT molecular complexity index is 225. The highest BCUT2D eigenvalue weighted by Gasteiger charge is 2.36. The van der Waals surface area contributed by atoms with Gasteiger partial charge >= 0.3 is 14.2 Å². The highest BCUT2D eigenvalue weighted by atomic mass is 31.1. The second-order valence-electron chi connectivity index (χ2n) is 4.19. The number of hydrogen-bond donors (Lipinski definition) is 2. The first-order valence-corrected chi connectivity index (χ1v) is 7.80. The number of hydrogen-bond acceptors (Lipinski definition) is 3. The third-order valence-corrected chi connectivity index (χ3v) is 2.94. The molecule has 0 aromatic heterocycles.